The molecule has 0 saturated carbocycles. The van der Waals surface area contributed by atoms with Gasteiger partial charge in [0, 0.05) is 23.4 Å². The molecule has 0 spiro atoms. The van der Waals surface area contributed by atoms with Crippen LogP contribution in [0.15, 0.2) is 59.8 Å². The van der Waals surface area contributed by atoms with E-state index in [0.29, 0.717) is 6.54 Å². The van der Waals surface area contributed by atoms with Crippen molar-refractivity contribution in [3.63, 3.8) is 0 Å². The van der Waals surface area contributed by atoms with Crippen LogP contribution in [0.2, 0.25) is 0 Å². The first-order chi connectivity index (χ1) is 15.4. The average Bonchev–Trinajstić information content (AvgIpc) is 3.23. The molecule has 0 radical (unpaired) electrons. The molecule has 2 N–H and O–H groups in total. The number of rotatable bonds is 11. The third-order valence-corrected chi connectivity index (χ3v) is 5.34. The van der Waals surface area contributed by atoms with Gasteiger partial charge in [-0.3, -0.25) is 4.79 Å². The van der Waals surface area contributed by atoms with Crippen molar-refractivity contribution in [3.8, 4) is 11.4 Å². The van der Waals surface area contributed by atoms with E-state index in [0.717, 1.165) is 40.9 Å². The normalized spacial score (nSPS) is 11.3. The first kappa shape index (κ1) is 23.7. The first-order valence-electron chi connectivity index (χ1n) is 10.6. The summed E-state index contributed by atoms with van der Waals surface area (Å²) in [6.45, 7) is 7.36. The molecule has 0 atom stereocenters. The smallest absolute Gasteiger partial charge is 0.258 e. The molecule has 1 amide bonds. The number of ether oxygens (including phenoxy) is 1. The van der Waals surface area contributed by atoms with Crippen molar-refractivity contribution in [2.75, 3.05) is 18.9 Å². The number of carbonyl (C=O) groups excluding carboxylic acids is 1. The highest BCUT2D eigenvalue weighted by Crippen LogP contribution is 2.19. The number of amides is 1. The third kappa shape index (κ3) is 7.65. The number of carbonyl (C=O) groups is 1. The van der Waals surface area contributed by atoms with Gasteiger partial charge in [-0.05, 0) is 62.4 Å². The summed E-state index contributed by atoms with van der Waals surface area (Å²) in [6, 6.07) is 17.6. The molecule has 0 bridgehead atoms. The minimum atomic E-state index is -0.274. The summed E-state index contributed by atoms with van der Waals surface area (Å²) < 4.78 is 7.50. The second-order valence-corrected chi connectivity index (χ2v) is 9.34. The minimum absolute atomic E-state index is 0.00105. The van der Waals surface area contributed by atoms with Crippen molar-refractivity contribution < 1.29 is 9.53 Å². The molecule has 1 heterocycles. The molecule has 0 aliphatic carbocycles. The van der Waals surface area contributed by atoms with E-state index in [2.05, 4.69) is 26.2 Å². The maximum Gasteiger partial charge on any atom is 0.258 e. The maximum absolute atomic E-state index is 12.0. The molecular formula is C23H30N6O2S. The van der Waals surface area contributed by atoms with E-state index in [1.165, 1.54) is 0 Å². The Bertz CT molecular complexity index is 987. The lowest BCUT2D eigenvalue weighted by molar-refractivity contribution is -0.124. The maximum atomic E-state index is 12.0. The van der Waals surface area contributed by atoms with Crippen molar-refractivity contribution in [1.29, 1.82) is 0 Å². The number of nitrogens with one attached hydrogen (secondary N) is 2. The summed E-state index contributed by atoms with van der Waals surface area (Å²) in [6.07, 6.45) is 0.962. The van der Waals surface area contributed by atoms with E-state index in [-0.39, 0.29) is 18.1 Å². The summed E-state index contributed by atoms with van der Waals surface area (Å²) in [5, 5.41) is 19.1. The number of nitrogens with zero attached hydrogens (tertiary/aromatic N) is 4. The van der Waals surface area contributed by atoms with Crippen LogP contribution in [0.25, 0.3) is 5.69 Å². The summed E-state index contributed by atoms with van der Waals surface area (Å²) in [5.41, 5.74) is 1.70. The number of hydrogen-bond acceptors (Lipinski definition) is 7. The molecule has 3 aromatic rings. The van der Waals surface area contributed by atoms with E-state index in [4.69, 9.17) is 4.74 Å². The van der Waals surface area contributed by atoms with Crippen LogP contribution in [0.3, 0.4) is 0 Å². The van der Waals surface area contributed by atoms with Crippen LogP contribution in [-0.4, -0.2) is 50.6 Å². The highest BCUT2D eigenvalue weighted by atomic mass is 32.2. The number of tetrazole rings is 1. The molecule has 3 rings (SSSR count). The molecule has 0 saturated heterocycles. The van der Waals surface area contributed by atoms with Gasteiger partial charge < -0.3 is 15.4 Å². The average molecular weight is 455 g/mol. The lowest BCUT2D eigenvalue weighted by Gasteiger charge is -2.20. The Morgan fingerprint density at radius 2 is 1.84 bits per heavy atom. The molecule has 0 aliphatic heterocycles. The van der Waals surface area contributed by atoms with Crippen LogP contribution in [0.1, 0.15) is 32.8 Å². The van der Waals surface area contributed by atoms with Gasteiger partial charge in [-0.25, -0.2) is 0 Å². The van der Waals surface area contributed by atoms with Gasteiger partial charge in [0.05, 0.1) is 5.69 Å². The largest absolute Gasteiger partial charge is 0.483 e. The highest BCUT2D eigenvalue weighted by Gasteiger charge is 2.14. The number of hydrogen-bond donors (Lipinski definition) is 2. The zero-order valence-electron chi connectivity index (χ0n) is 18.7. The second-order valence-electron chi connectivity index (χ2n) is 8.28. The van der Waals surface area contributed by atoms with Crippen molar-refractivity contribution >= 4 is 17.7 Å². The Balaban J connectivity index is 1.40. The van der Waals surface area contributed by atoms with Crippen LogP contribution < -0.4 is 15.4 Å². The van der Waals surface area contributed by atoms with E-state index in [1.807, 2.05) is 75.4 Å². The van der Waals surface area contributed by atoms with E-state index < -0.39 is 0 Å². The molecular weight excluding hydrogens is 424 g/mol. The van der Waals surface area contributed by atoms with Crippen LogP contribution in [0.4, 0.5) is 0 Å². The summed E-state index contributed by atoms with van der Waals surface area (Å²) >= 11 is 1.63. The second kappa shape index (κ2) is 11.6. The van der Waals surface area contributed by atoms with E-state index in [9.17, 15) is 4.79 Å². The Morgan fingerprint density at radius 3 is 2.62 bits per heavy atom. The number of aromatic nitrogens is 4. The number of thioether (sulfide) groups is 1. The van der Waals surface area contributed by atoms with Crippen molar-refractivity contribution in [3.05, 3.63) is 60.2 Å². The van der Waals surface area contributed by atoms with Crippen molar-refractivity contribution in [2.45, 2.75) is 44.4 Å². The molecule has 0 aliphatic rings. The zero-order chi connectivity index (χ0) is 22.8. The monoisotopic (exact) mass is 454 g/mol. The molecule has 2 aromatic carbocycles. The van der Waals surface area contributed by atoms with Crippen LogP contribution in [0.5, 0.6) is 5.75 Å². The quantitative estimate of drug-likeness (QED) is 0.339. The topological polar surface area (TPSA) is 94.0 Å². The van der Waals surface area contributed by atoms with Crippen LogP contribution in [0, 0.1) is 0 Å². The molecule has 9 heteroatoms. The predicted molar refractivity (Wildman–Crippen MR) is 126 cm³/mol. The molecule has 170 valence electrons. The fourth-order valence-corrected chi connectivity index (χ4v) is 3.80. The highest BCUT2D eigenvalue weighted by molar-refractivity contribution is 7.99. The summed E-state index contributed by atoms with van der Waals surface area (Å²) in [7, 11) is 0. The Labute approximate surface area is 193 Å². The molecule has 32 heavy (non-hydrogen) atoms. The summed E-state index contributed by atoms with van der Waals surface area (Å²) in [5.74, 6) is 1.49. The molecule has 0 fully saturated rings. The Morgan fingerprint density at radius 1 is 1.09 bits per heavy atom. The predicted octanol–water partition coefficient (Wildman–Crippen LogP) is 3.23. The molecule has 1 aromatic heterocycles. The van der Waals surface area contributed by atoms with Gasteiger partial charge in [0.2, 0.25) is 5.16 Å². The lowest BCUT2D eigenvalue weighted by atomic mass is 10.1. The lowest BCUT2D eigenvalue weighted by Crippen LogP contribution is -2.43. The van der Waals surface area contributed by atoms with Crippen molar-refractivity contribution in [2.24, 2.45) is 0 Å². The van der Waals surface area contributed by atoms with Gasteiger partial charge >= 0.3 is 0 Å². The Kier molecular flexibility index (Phi) is 8.64. The van der Waals surface area contributed by atoms with Crippen molar-refractivity contribution in [1.82, 2.24) is 30.8 Å². The molecule has 8 nitrogen and oxygen atoms in total. The van der Waals surface area contributed by atoms with Crippen LogP contribution >= 0.6 is 11.8 Å². The standard InChI is InChI=1S/C23H30N6O2S/c1-23(2,3)25-21(30)17-31-20-13-8-7-10-18(20)16-24-14-9-15-32-22-26-27-28-29(22)19-11-5-4-6-12-19/h4-8,10-13,24H,9,14-17H2,1-3H3,(H,25,30). The van der Waals surface area contributed by atoms with E-state index in [1.54, 1.807) is 16.4 Å². The zero-order valence-corrected chi connectivity index (χ0v) is 19.6. The van der Waals surface area contributed by atoms with E-state index >= 15 is 0 Å². The SMILES string of the molecule is CC(C)(C)NC(=O)COc1ccccc1CNCCCSc1nnnn1-c1ccccc1. The van der Waals surface area contributed by atoms with Gasteiger partial charge in [-0.1, -0.05) is 48.2 Å². The van der Waals surface area contributed by atoms with Crippen LogP contribution in [-0.2, 0) is 11.3 Å². The number of para-hydroxylation sites is 2. The Hall–Kier alpha value is -2.91. The first-order valence-corrected chi connectivity index (χ1v) is 11.6. The molecule has 0 unspecified atom stereocenters. The summed E-state index contributed by atoms with van der Waals surface area (Å²) in [4.78, 5) is 12.0. The van der Waals surface area contributed by atoms with Gasteiger partial charge in [0.25, 0.3) is 5.91 Å². The minimum Gasteiger partial charge on any atom is -0.483 e. The van der Waals surface area contributed by atoms with Gasteiger partial charge in [-0.2, -0.15) is 4.68 Å². The fourth-order valence-electron chi connectivity index (χ4n) is 2.97. The third-order valence-electron chi connectivity index (χ3n) is 4.33. The van der Waals surface area contributed by atoms with Gasteiger partial charge in [0.15, 0.2) is 6.61 Å². The van der Waals surface area contributed by atoms with Gasteiger partial charge in [0.1, 0.15) is 5.75 Å². The fraction of sp³-hybridized carbons (Fsp3) is 0.391. The number of benzene rings is 2. The van der Waals surface area contributed by atoms with Gasteiger partial charge in [-0.15, -0.1) is 5.10 Å².